The summed E-state index contributed by atoms with van der Waals surface area (Å²) in [6, 6.07) is 10.8. The molecule has 0 bridgehead atoms. The zero-order chi connectivity index (χ0) is 15.1. The molecule has 0 radical (unpaired) electrons. The Morgan fingerprint density at radius 2 is 1.95 bits per heavy atom. The third-order valence-electron chi connectivity index (χ3n) is 2.71. The Hall–Kier alpha value is -1.85. The summed E-state index contributed by atoms with van der Waals surface area (Å²) in [5.74, 6) is -0.785. The largest absolute Gasteiger partial charge is 0.451 e. The van der Waals surface area contributed by atoms with Gasteiger partial charge in [0.25, 0.3) is 5.91 Å². The van der Waals surface area contributed by atoms with Gasteiger partial charge in [-0.3, -0.25) is 4.79 Å². The molecular weight excluding hydrogens is 310 g/mol. The summed E-state index contributed by atoms with van der Waals surface area (Å²) in [7, 11) is 0. The molecule has 0 fully saturated rings. The summed E-state index contributed by atoms with van der Waals surface area (Å²) in [5, 5.41) is 5.16. The van der Waals surface area contributed by atoms with Crippen molar-refractivity contribution in [3.05, 3.63) is 57.2 Å². The minimum Gasteiger partial charge on any atom is -0.451 e. The number of halogens is 1. The molecule has 0 atom stereocenters. The predicted octanol–water partition coefficient (Wildman–Crippen LogP) is 2.92. The maximum Gasteiger partial charge on any atom is 0.348 e. The second-order valence-corrected chi connectivity index (χ2v) is 5.66. The van der Waals surface area contributed by atoms with Gasteiger partial charge in [0.05, 0.1) is 0 Å². The van der Waals surface area contributed by atoms with Gasteiger partial charge in [-0.05, 0) is 35.6 Å². The van der Waals surface area contributed by atoms with Crippen LogP contribution in [0.4, 0.5) is 0 Å². The molecule has 0 unspecified atom stereocenters. The number of hydrogen-bond donors (Lipinski definition) is 1. The first-order chi connectivity index (χ1) is 10.1. The number of ether oxygens (including phenoxy) is 1. The van der Waals surface area contributed by atoms with Gasteiger partial charge in [0.1, 0.15) is 4.88 Å². The minimum absolute atomic E-state index is 0.267. The van der Waals surface area contributed by atoms with Crippen molar-refractivity contribution in [2.24, 2.45) is 0 Å². The van der Waals surface area contributed by atoms with E-state index in [2.05, 4.69) is 5.32 Å². The Bertz CT molecular complexity index is 596. The third kappa shape index (κ3) is 5.21. The highest BCUT2D eigenvalue weighted by Gasteiger charge is 2.10. The SMILES string of the molecule is O=C(COC(=O)c1cccs1)NCCc1ccc(Cl)cc1. The van der Waals surface area contributed by atoms with Gasteiger partial charge < -0.3 is 10.1 Å². The smallest absolute Gasteiger partial charge is 0.348 e. The fourth-order valence-corrected chi connectivity index (χ4v) is 2.39. The van der Waals surface area contributed by atoms with Crippen LogP contribution >= 0.6 is 22.9 Å². The normalized spacial score (nSPS) is 10.1. The second-order valence-electron chi connectivity index (χ2n) is 4.28. The van der Waals surface area contributed by atoms with Crippen molar-refractivity contribution in [2.45, 2.75) is 6.42 Å². The number of rotatable bonds is 6. The summed E-state index contributed by atoms with van der Waals surface area (Å²) >= 11 is 7.07. The number of carbonyl (C=O) groups excluding carboxylic acids is 2. The molecule has 0 saturated carbocycles. The van der Waals surface area contributed by atoms with E-state index in [9.17, 15) is 9.59 Å². The van der Waals surface area contributed by atoms with Crippen molar-refractivity contribution in [3.63, 3.8) is 0 Å². The molecular formula is C15H14ClNO3S. The first kappa shape index (κ1) is 15.5. The predicted molar refractivity (Wildman–Crippen MR) is 82.8 cm³/mol. The lowest BCUT2D eigenvalue weighted by Crippen LogP contribution is -2.30. The average molecular weight is 324 g/mol. The van der Waals surface area contributed by atoms with Gasteiger partial charge in [-0.25, -0.2) is 4.79 Å². The molecule has 1 aromatic carbocycles. The molecule has 1 amide bonds. The Labute approximate surface area is 131 Å². The highest BCUT2D eigenvalue weighted by Crippen LogP contribution is 2.10. The third-order valence-corrected chi connectivity index (χ3v) is 3.81. The molecule has 4 nitrogen and oxygen atoms in total. The molecule has 0 aliphatic heterocycles. The lowest BCUT2D eigenvalue weighted by atomic mass is 10.1. The number of carbonyl (C=O) groups is 2. The molecule has 1 aromatic heterocycles. The average Bonchev–Trinajstić information content (AvgIpc) is 3.01. The summed E-state index contributed by atoms with van der Waals surface area (Å²) in [5.41, 5.74) is 1.08. The molecule has 1 heterocycles. The molecule has 2 aromatic rings. The summed E-state index contributed by atoms with van der Waals surface area (Å²) in [6.45, 7) is 0.217. The van der Waals surface area contributed by atoms with Crippen LogP contribution < -0.4 is 5.32 Å². The maximum absolute atomic E-state index is 11.6. The lowest BCUT2D eigenvalue weighted by Gasteiger charge is -2.06. The van der Waals surface area contributed by atoms with Crippen LogP contribution in [0.25, 0.3) is 0 Å². The Kier molecular flexibility index (Phi) is 5.78. The van der Waals surface area contributed by atoms with Crippen molar-refractivity contribution >= 4 is 34.8 Å². The van der Waals surface area contributed by atoms with Gasteiger partial charge in [-0.2, -0.15) is 0 Å². The van der Waals surface area contributed by atoms with E-state index in [1.54, 1.807) is 17.5 Å². The van der Waals surface area contributed by atoms with Crippen molar-refractivity contribution in [1.29, 1.82) is 0 Å². The molecule has 0 saturated heterocycles. The first-order valence-electron chi connectivity index (χ1n) is 6.37. The zero-order valence-electron chi connectivity index (χ0n) is 11.2. The van der Waals surface area contributed by atoms with Crippen molar-refractivity contribution in [1.82, 2.24) is 5.32 Å². The Morgan fingerprint density at radius 3 is 2.62 bits per heavy atom. The van der Waals surface area contributed by atoms with Gasteiger partial charge in [-0.1, -0.05) is 29.8 Å². The van der Waals surface area contributed by atoms with E-state index in [0.717, 1.165) is 5.56 Å². The van der Waals surface area contributed by atoms with Crippen LogP contribution in [0.2, 0.25) is 5.02 Å². The topological polar surface area (TPSA) is 55.4 Å². The van der Waals surface area contributed by atoms with Gasteiger partial charge >= 0.3 is 5.97 Å². The fraction of sp³-hybridized carbons (Fsp3) is 0.200. The van der Waals surface area contributed by atoms with Crippen LogP contribution in [0.15, 0.2) is 41.8 Å². The first-order valence-corrected chi connectivity index (χ1v) is 7.62. The van der Waals surface area contributed by atoms with E-state index >= 15 is 0 Å². The van der Waals surface area contributed by atoms with E-state index in [0.29, 0.717) is 22.9 Å². The van der Waals surface area contributed by atoms with Gasteiger partial charge in [-0.15, -0.1) is 11.3 Å². The summed E-state index contributed by atoms with van der Waals surface area (Å²) in [6.07, 6.45) is 0.696. The van der Waals surface area contributed by atoms with Gasteiger partial charge in [0.15, 0.2) is 6.61 Å². The van der Waals surface area contributed by atoms with E-state index in [4.69, 9.17) is 16.3 Å². The summed E-state index contributed by atoms with van der Waals surface area (Å²) in [4.78, 5) is 23.6. The standard InChI is InChI=1S/C15H14ClNO3S/c16-12-5-3-11(4-6-12)7-8-17-14(18)10-20-15(19)13-2-1-9-21-13/h1-6,9H,7-8,10H2,(H,17,18). The summed E-state index contributed by atoms with van der Waals surface area (Å²) < 4.78 is 4.91. The van der Waals surface area contributed by atoms with E-state index in [-0.39, 0.29) is 12.5 Å². The lowest BCUT2D eigenvalue weighted by molar-refractivity contribution is -0.124. The number of esters is 1. The molecule has 0 aliphatic carbocycles. The van der Waals surface area contributed by atoms with E-state index in [1.807, 2.05) is 24.3 Å². The molecule has 0 spiro atoms. The van der Waals surface area contributed by atoms with Crippen molar-refractivity contribution < 1.29 is 14.3 Å². The van der Waals surface area contributed by atoms with Crippen LogP contribution in [0.3, 0.4) is 0 Å². The number of hydrogen-bond acceptors (Lipinski definition) is 4. The van der Waals surface area contributed by atoms with E-state index in [1.165, 1.54) is 11.3 Å². The van der Waals surface area contributed by atoms with Crippen LogP contribution in [0, 0.1) is 0 Å². The molecule has 21 heavy (non-hydrogen) atoms. The highest BCUT2D eigenvalue weighted by molar-refractivity contribution is 7.11. The number of amides is 1. The molecule has 1 N–H and O–H groups in total. The second kappa shape index (κ2) is 7.81. The fourth-order valence-electron chi connectivity index (χ4n) is 1.65. The monoisotopic (exact) mass is 323 g/mol. The van der Waals surface area contributed by atoms with Crippen molar-refractivity contribution in [3.8, 4) is 0 Å². The zero-order valence-corrected chi connectivity index (χ0v) is 12.7. The number of nitrogens with one attached hydrogen (secondary N) is 1. The number of benzene rings is 1. The Balaban J connectivity index is 1.66. The molecule has 110 valence electrons. The van der Waals surface area contributed by atoms with E-state index < -0.39 is 5.97 Å². The quantitative estimate of drug-likeness (QED) is 0.832. The van der Waals surface area contributed by atoms with Crippen LogP contribution in [0.1, 0.15) is 15.2 Å². The molecule has 2 rings (SSSR count). The van der Waals surface area contributed by atoms with Crippen LogP contribution in [-0.2, 0) is 16.0 Å². The maximum atomic E-state index is 11.6. The van der Waals surface area contributed by atoms with Gasteiger partial charge in [0.2, 0.25) is 0 Å². The minimum atomic E-state index is -0.474. The molecule has 0 aliphatic rings. The van der Waals surface area contributed by atoms with Gasteiger partial charge in [0, 0.05) is 11.6 Å². The molecule has 6 heteroatoms. The van der Waals surface area contributed by atoms with Crippen LogP contribution in [-0.4, -0.2) is 25.0 Å². The van der Waals surface area contributed by atoms with Crippen molar-refractivity contribution in [2.75, 3.05) is 13.2 Å². The van der Waals surface area contributed by atoms with Crippen LogP contribution in [0.5, 0.6) is 0 Å². The Morgan fingerprint density at radius 1 is 1.19 bits per heavy atom. The highest BCUT2D eigenvalue weighted by atomic mass is 35.5. The number of thiophene rings is 1.